The Morgan fingerprint density at radius 2 is 2.00 bits per heavy atom. The van der Waals surface area contributed by atoms with Crippen molar-refractivity contribution in [3.05, 3.63) is 47.4 Å². The van der Waals surface area contributed by atoms with Crippen molar-refractivity contribution in [2.75, 3.05) is 14.1 Å². The van der Waals surface area contributed by atoms with Crippen molar-refractivity contribution in [1.82, 2.24) is 15.1 Å². The summed E-state index contributed by atoms with van der Waals surface area (Å²) in [5.41, 5.74) is 2.77. The molecule has 2 aromatic rings. The van der Waals surface area contributed by atoms with Crippen molar-refractivity contribution >= 4 is 5.91 Å². The van der Waals surface area contributed by atoms with Gasteiger partial charge in [-0.2, -0.15) is 10.2 Å². The molecule has 1 aromatic heterocycles. The fourth-order valence-corrected chi connectivity index (χ4v) is 5.04. The summed E-state index contributed by atoms with van der Waals surface area (Å²) >= 11 is 0. The van der Waals surface area contributed by atoms with Crippen molar-refractivity contribution in [1.29, 1.82) is 0 Å². The van der Waals surface area contributed by atoms with Crippen LogP contribution in [0, 0.1) is 11.2 Å². The first-order chi connectivity index (χ1) is 12.3. The number of carbonyl (C=O) groups excluding carboxylic acids is 1. The molecule has 2 aliphatic rings. The molecule has 1 fully saturated rings. The molecular formula is C21H24FN3O. The van der Waals surface area contributed by atoms with Crippen molar-refractivity contribution in [2.45, 2.75) is 44.4 Å². The number of hydrogen-bond acceptors (Lipinski definition) is 3. The van der Waals surface area contributed by atoms with E-state index in [0.717, 1.165) is 24.1 Å². The van der Waals surface area contributed by atoms with Crippen LogP contribution in [0.15, 0.2) is 30.3 Å². The van der Waals surface area contributed by atoms with E-state index in [9.17, 15) is 9.18 Å². The average molecular weight is 353 g/mol. The van der Waals surface area contributed by atoms with Gasteiger partial charge in [0.25, 0.3) is 0 Å². The molecule has 0 aliphatic heterocycles. The molecule has 26 heavy (non-hydrogen) atoms. The van der Waals surface area contributed by atoms with E-state index in [-0.39, 0.29) is 22.6 Å². The number of nitrogens with zero attached hydrogens (tertiary/aromatic N) is 3. The van der Waals surface area contributed by atoms with E-state index < -0.39 is 0 Å². The van der Waals surface area contributed by atoms with Crippen LogP contribution in [0.5, 0.6) is 0 Å². The Bertz CT molecular complexity index is 893. The number of benzene rings is 1. The molecule has 2 bridgehead atoms. The van der Waals surface area contributed by atoms with Crippen LogP contribution in [0.4, 0.5) is 4.39 Å². The zero-order valence-corrected chi connectivity index (χ0v) is 15.7. The second-order valence-corrected chi connectivity index (χ2v) is 8.37. The molecule has 0 radical (unpaired) electrons. The Hall–Kier alpha value is -2.30. The summed E-state index contributed by atoms with van der Waals surface area (Å²) in [6, 6.07) is 8.65. The standard InChI is InChI=1S/C21H24FN3O/c1-20(2)15-9-10-21(20,12-18(26)25(3)4)19-14(15)11-17(23-24-19)13-7-5-6-8-16(13)22/h5-8,11,15H,9-10,12H2,1-4H3/t15-,21?/m1/s1. The number of amides is 1. The second kappa shape index (κ2) is 5.60. The van der Waals surface area contributed by atoms with Gasteiger partial charge in [-0.3, -0.25) is 4.79 Å². The monoisotopic (exact) mass is 353 g/mol. The van der Waals surface area contributed by atoms with Gasteiger partial charge in [0.05, 0.1) is 11.4 Å². The van der Waals surface area contributed by atoms with Gasteiger partial charge in [0, 0.05) is 31.5 Å². The number of fused-ring (bicyclic) bond motifs is 5. The van der Waals surface area contributed by atoms with E-state index in [2.05, 4.69) is 24.0 Å². The molecule has 136 valence electrons. The Morgan fingerprint density at radius 3 is 2.69 bits per heavy atom. The normalized spacial score (nSPS) is 25.2. The maximum atomic E-state index is 14.2. The predicted octanol–water partition coefficient (Wildman–Crippen LogP) is 3.92. The summed E-state index contributed by atoms with van der Waals surface area (Å²) in [6.07, 6.45) is 2.43. The molecule has 2 aliphatic carbocycles. The highest BCUT2D eigenvalue weighted by molar-refractivity contribution is 5.78. The fraction of sp³-hybridized carbons (Fsp3) is 0.476. The van der Waals surface area contributed by atoms with E-state index in [1.165, 1.54) is 6.07 Å². The number of hydrogen-bond donors (Lipinski definition) is 0. The third-order valence-electron chi connectivity index (χ3n) is 6.72. The molecule has 5 heteroatoms. The second-order valence-electron chi connectivity index (χ2n) is 8.37. The third-order valence-corrected chi connectivity index (χ3v) is 6.72. The fourth-order valence-electron chi connectivity index (χ4n) is 5.04. The molecule has 0 saturated heterocycles. The summed E-state index contributed by atoms with van der Waals surface area (Å²) in [5.74, 6) is 0.154. The maximum Gasteiger partial charge on any atom is 0.223 e. The quantitative estimate of drug-likeness (QED) is 0.840. The number of aromatic nitrogens is 2. The van der Waals surface area contributed by atoms with Crippen LogP contribution >= 0.6 is 0 Å². The Balaban J connectivity index is 1.83. The minimum absolute atomic E-state index is 0.0659. The van der Waals surface area contributed by atoms with E-state index in [4.69, 9.17) is 0 Å². The van der Waals surface area contributed by atoms with Gasteiger partial charge in [0.2, 0.25) is 5.91 Å². The molecular weight excluding hydrogens is 329 g/mol. The number of rotatable bonds is 3. The summed E-state index contributed by atoms with van der Waals surface area (Å²) < 4.78 is 14.2. The van der Waals surface area contributed by atoms with Crippen LogP contribution in [-0.2, 0) is 10.2 Å². The van der Waals surface area contributed by atoms with Gasteiger partial charge in [-0.05, 0) is 47.9 Å². The predicted molar refractivity (Wildman–Crippen MR) is 98.2 cm³/mol. The molecule has 4 nitrogen and oxygen atoms in total. The van der Waals surface area contributed by atoms with Crippen LogP contribution in [-0.4, -0.2) is 35.1 Å². The lowest BCUT2D eigenvalue weighted by molar-refractivity contribution is -0.131. The lowest BCUT2D eigenvalue weighted by Crippen LogP contribution is -2.40. The molecule has 1 aromatic carbocycles. The van der Waals surface area contributed by atoms with Crippen molar-refractivity contribution in [3.63, 3.8) is 0 Å². The van der Waals surface area contributed by atoms with Crippen molar-refractivity contribution < 1.29 is 9.18 Å². The average Bonchev–Trinajstić information content (AvgIpc) is 2.95. The van der Waals surface area contributed by atoms with E-state index >= 15 is 0 Å². The zero-order valence-electron chi connectivity index (χ0n) is 15.7. The number of halogens is 1. The van der Waals surface area contributed by atoms with E-state index in [1.807, 2.05) is 6.07 Å². The van der Waals surface area contributed by atoms with Crippen LogP contribution in [0.1, 0.15) is 50.3 Å². The van der Waals surface area contributed by atoms with Crippen LogP contribution < -0.4 is 0 Å². The molecule has 2 atom stereocenters. The molecule has 1 unspecified atom stereocenters. The van der Waals surface area contributed by atoms with Crippen LogP contribution in [0.25, 0.3) is 11.3 Å². The van der Waals surface area contributed by atoms with E-state index in [0.29, 0.717) is 23.6 Å². The van der Waals surface area contributed by atoms with Crippen LogP contribution in [0.2, 0.25) is 0 Å². The molecule has 1 saturated carbocycles. The topological polar surface area (TPSA) is 46.1 Å². The highest BCUT2D eigenvalue weighted by atomic mass is 19.1. The molecule has 0 spiro atoms. The van der Waals surface area contributed by atoms with Crippen molar-refractivity contribution in [2.24, 2.45) is 5.41 Å². The largest absolute Gasteiger partial charge is 0.349 e. The Morgan fingerprint density at radius 1 is 1.27 bits per heavy atom. The summed E-state index contributed by atoms with van der Waals surface area (Å²) in [6.45, 7) is 4.47. The van der Waals surface area contributed by atoms with Gasteiger partial charge >= 0.3 is 0 Å². The SMILES string of the molecule is CN(C)C(=O)CC12CC[C@H](c3cc(-c4ccccc4F)nnc31)C2(C)C. The maximum absolute atomic E-state index is 14.2. The molecule has 0 N–H and O–H groups in total. The Labute approximate surface area is 153 Å². The smallest absolute Gasteiger partial charge is 0.223 e. The molecule has 1 amide bonds. The number of carbonyl (C=O) groups is 1. The van der Waals surface area contributed by atoms with Gasteiger partial charge in [0.15, 0.2) is 0 Å². The highest BCUT2D eigenvalue weighted by Crippen LogP contribution is 2.68. The third kappa shape index (κ3) is 2.15. The first-order valence-electron chi connectivity index (χ1n) is 9.11. The summed E-state index contributed by atoms with van der Waals surface area (Å²) in [7, 11) is 3.59. The van der Waals surface area contributed by atoms with Gasteiger partial charge in [0.1, 0.15) is 5.82 Å². The summed E-state index contributed by atoms with van der Waals surface area (Å²) in [5, 5.41) is 8.90. The van der Waals surface area contributed by atoms with Gasteiger partial charge < -0.3 is 4.90 Å². The molecule has 1 heterocycles. The minimum atomic E-state index is -0.290. The zero-order chi connectivity index (χ0) is 18.7. The van der Waals surface area contributed by atoms with Crippen LogP contribution in [0.3, 0.4) is 0 Å². The van der Waals surface area contributed by atoms with Gasteiger partial charge in [-0.25, -0.2) is 4.39 Å². The van der Waals surface area contributed by atoms with E-state index in [1.54, 1.807) is 37.2 Å². The lowest BCUT2D eigenvalue weighted by atomic mass is 9.66. The lowest BCUT2D eigenvalue weighted by Gasteiger charge is -2.38. The van der Waals surface area contributed by atoms with Gasteiger partial charge in [-0.1, -0.05) is 26.0 Å². The molecule has 4 rings (SSSR count). The van der Waals surface area contributed by atoms with Crippen molar-refractivity contribution in [3.8, 4) is 11.3 Å². The minimum Gasteiger partial charge on any atom is -0.349 e. The Kier molecular flexibility index (Phi) is 3.69. The first kappa shape index (κ1) is 17.1. The first-order valence-corrected chi connectivity index (χ1v) is 9.11. The highest BCUT2D eigenvalue weighted by Gasteiger charge is 2.63. The van der Waals surface area contributed by atoms with Gasteiger partial charge in [-0.15, -0.1) is 0 Å². The summed E-state index contributed by atoms with van der Waals surface area (Å²) in [4.78, 5) is 14.2.